The number of hydrogen-bond donors (Lipinski definition) is 1. The van der Waals surface area contributed by atoms with E-state index in [1.165, 1.54) is 0 Å². The second kappa shape index (κ2) is 5.53. The van der Waals surface area contributed by atoms with Gasteiger partial charge in [-0.2, -0.15) is 0 Å². The van der Waals surface area contributed by atoms with E-state index >= 15 is 0 Å². The van der Waals surface area contributed by atoms with Crippen molar-refractivity contribution < 1.29 is 19.4 Å². The van der Waals surface area contributed by atoms with Gasteiger partial charge in [-0.05, 0) is 18.9 Å². The van der Waals surface area contributed by atoms with Crippen LogP contribution in [-0.4, -0.2) is 23.5 Å². The Bertz CT molecular complexity index is 468. The van der Waals surface area contributed by atoms with E-state index in [0.717, 1.165) is 0 Å². The molecule has 19 heavy (non-hydrogen) atoms. The first-order chi connectivity index (χ1) is 9.08. The molecule has 1 aliphatic rings. The first-order valence-corrected chi connectivity index (χ1v) is 6.55. The van der Waals surface area contributed by atoms with Crippen molar-refractivity contribution in [3.8, 4) is 0 Å². The van der Waals surface area contributed by atoms with Crippen molar-refractivity contribution >= 4 is 11.8 Å². The van der Waals surface area contributed by atoms with Gasteiger partial charge in [0.1, 0.15) is 5.60 Å². The van der Waals surface area contributed by atoms with Crippen molar-refractivity contribution in [1.82, 2.24) is 0 Å². The first kappa shape index (κ1) is 13.7. The highest BCUT2D eigenvalue weighted by Crippen LogP contribution is 2.37. The van der Waals surface area contributed by atoms with Crippen LogP contribution in [0.2, 0.25) is 0 Å². The summed E-state index contributed by atoms with van der Waals surface area (Å²) in [6.45, 7) is 2.06. The monoisotopic (exact) mass is 262 g/mol. The lowest BCUT2D eigenvalue weighted by atomic mass is 9.73. The van der Waals surface area contributed by atoms with Crippen molar-refractivity contribution in [2.45, 2.75) is 31.8 Å². The van der Waals surface area contributed by atoms with Crippen molar-refractivity contribution in [3.63, 3.8) is 0 Å². The first-order valence-electron chi connectivity index (χ1n) is 6.55. The lowest BCUT2D eigenvalue weighted by Crippen LogP contribution is -2.43. The Morgan fingerprint density at radius 3 is 2.74 bits per heavy atom. The highest BCUT2D eigenvalue weighted by Gasteiger charge is 2.45. The van der Waals surface area contributed by atoms with Gasteiger partial charge in [0.25, 0.3) is 0 Å². The molecule has 0 heterocycles. The summed E-state index contributed by atoms with van der Waals surface area (Å²) in [5.41, 5.74) is -1.01. The lowest BCUT2D eigenvalue weighted by Gasteiger charge is -2.34. The predicted octanol–water partition coefficient (Wildman–Crippen LogP) is 1.81. The van der Waals surface area contributed by atoms with Crippen molar-refractivity contribution in [2.75, 3.05) is 6.61 Å². The molecule has 0 aromatic heterocycles. The quantitative estimate of drug-likeness (QED) is 0.844. The van der Waals surface area contributed by atoms with Gasteiger partial charge in [0.15, 0.2) is 5.78 Å². The van der Waals surface area contributed by atoms with E-state index in [9.17, 15) is 14.7 Å². The van der Waals surface area contributed by atoms with Crippen LogP contribution >= 0.6 is 0 Å². The van der Waals surface area contributed by atoms with Gasteiger partial charge in [0, 0.05) is 12.8 Å². The van der Waals surface area contributed by atoms with Crippen LogP contribution in [0.1, 0.15) is 31.7 Å². The third-order valence-corrected chi connectivity index (χ3v) is 3.59. The molecule has 2 rings (SSSR count). The number of hydrogen-bond acceptors (Lipinski definition) is 4. The Morgan fingerprint density at radius 1 is 1.42 bits per heavy atom. The Hall–Kier alpha value is -1.68. The van der Waals surface area contributed by atoms with E-state index in [4.69, 9.17) is 4.74 Å². The normalized spacial score (nSPS) is 27.1. The number of benzene rings is 1. The molecule has 0 radical (unpaired) electrons. The molecule has 1 saturated carbocycles. The number of Topliss-reactive ketones (excluding diaryl/α,β-unsaturated/α-hetero) is 1. The van der Waals surface area contributed by atoms with Crippen molar-refractivity contribution in [1.29, 1.82) is 0 Å². The summed E-state index contributed by atoms with van der Waals surface area (Å²) in [5.74, 6) is -0.966. The van der Waals surface area contributed by atoms with E-state index in [1.807, 2.05) is 6.07 Å². The summed E-state index contributed by atoms with van der Waals surface area (Å²) in [5, 5.41) is 10.6. The van der Waals surface area contributed by atoms with E-state index in [1.54, 1.807) is 31.2 Å². The van der Waals surface area contributed by atoms with Crippen LogP contribution in [0.4, 0.5) is 0 Å². The fraction of sp³-hybridized carbons (Fsp3) is 0.467. The average molecular weight is 262 g/mol. The van der Waals surface area contributed by atoms with Crippen LogP contribution in [0, 0.1) is 5.92 Å². The maximum atomic E-state index is 12.0. The van der Waals surface area contributed by atoms with Crippen LogP contribution in [0.25, 0.3) is 0 Å². The molecule has 0 amide bonds. The van der Waals surface area contributed by atoms with Crippen molar-refractivity contribution in [2.24, 2.45) is 5.92 Å². The molecular formula is C15H18O4. The van der Waals surface area contributed by atoms with E-state index < -0.39 is 11.5 Å². The molecule has 1 aromatic carbocycles. The number of ether oxygens (including phenoxy) is 1. The molecule has 0 aliphatic heterocycles. The number of ketones is 1. The third-order valence-electron chi connectivity index (χ3n) is 3.59. The van der Waals surface area contributed by atoms with E-state index in [0.29, 0.717) is 18.6 Å². The van der Waals surface area contributed by atoms with Gasteiger partial charge in [0.05, 0.1) is 12.5 Å². The van der Waals surface area contributed by atoms with Crippen LogP contribution in [0.3, 0.4) is 0 Å². The van der Waals surface area contributed by atoms with Gasteiger partial charge in [-0.25, -0.2) is 0 Å². The highest BCUT2D eigenvalue weighted by atomic mass is 16.5. The molecule has 0 saturated heterocycles. The molecule has 1 aliphatic carbocycles. The van der Waals surface area contributed by atoms with Gasteiger partial charge >= 0.3 is 5.97 Å². The predicted molar refractivity (Wildman–Crippen MR) is 69.3 cm³/mol. The standard InChI is InChI=1S/C15H18O4/c1-2-19-14(17)11-8-9-13(16)15(18,10-11)12-6-4-3-5-7-12/h3-7,11,18H,2,8-10H2,1H3. The molecule has 2 atom stereocenters. The van der Waals surface area contributed by atoms with Gasteiger partial charge in [-0.15, -0.1) is 0 Å². The summed E-state index contributed by atoms with van der Waals surface area (Å²) in [6, 6.07) is 8.79. The summed E-state index contributed by atoms with van der Waals surface area (Å²) < 4.78 is 4.98. The van der Waals surface area contributed by atoms with Crippen LogP contribution in [0.15, 0.2) is 30.3 Å². The third kappa shape index (κ3) is 2.68. The zero-order valence-electron chi connectivity index (χ0n) is 11.0. The molecule has 4 nitrogen and oxygen atoms in total. The second-order valence-electron chi connectivity index (χ2n) is 4.84. The molecule has 102 valence electrons. The van der Waals surface area contributed by atoms with Crippen LogP contribution in [0.5, 0.6) is 0 Å². The smallest absolute Gasteiger partial charge is 0.309 e. The number of carbonyl (C=O) groups is 2. The molecule has 0 spiro atoms. The van der Waals surface area contributed by atoms with E-state index in [2.05, 4.69) is 0 Å². The topological polar surface area (TPSA) is 63.6 Å². The number of carbonyl (C=O) groups excluding carboxylic acids is 2. The van der Waals surface area contributed by atoms with Gasteiger partial charge < -0.3 is 9.84 Å². The minimum absolute atomic E-state index is 0.106. The number of rotatable bonds is 3. The largest absolute Gasteiger partial charge is 0.466 e. The minimum Gasteiger partial charge on any atom is -0.466 e. The average Bonchev–Trinajstić information content (AvgIpc) is 2.43. The SMILES string of the molecule is CCOC(=O)C1CCC(=O)C(O)(c2ccccc2)C1. The summed E-state index contributed by atoms with van der Waals surface area (Å²) in [7, 11) is 0. The highest BCUT2D eigenvalue weighted by molar-refractivity contribution is 5.90. The molecule has 4 heteroatoms. The Labute approximate surface area is 112 Å². The molecular weight excluding hydrogens is 244 g/mol. The molecule has 1 fully saturated rings. The van der Waals surface area contributed by atoms with Crippen LogP contribution < -0.4 is 0 Å². The Kier molecular flexibility index (Phi) is 4.00. The molecule has 0 bridgehead atoms. The van der Waals surface area contributed by atoms with Crippen LogP contribution in [-0.2, 0) is 19.9 Å². The molecule has 1 aromatic rings. The number of aliphatic hydroxyl groups is 1. The Balaban J connectivity index is 2.23. The fourth-order valence-electron chi connectivity index (χ4n) is 2.54. The van der Waals surface area contributed by atoms with Gasteiger partial charge in [-0.3, -0.25) is 9.59 Å². The minimum atomic E-state index is -1.56. The lowest BCUT2D eigenvalue weighted by molar-refractivity contribution is -0.158. The maximum Gasteiger partial charge on any atom is 0.309 e. The summed E-state index contributed by atoms with van der Waals surface area (Å²) >= 11 is 0. The summed E-state index contributed by atoms with van der Waals surface area (Å²) in [4.78, 5) is 23.8. The van der Waals surface area contributed by atoms with Crippen molar-refractivity contribution in [3.05, 3.63) is 35.9 Å². The zero-order valence-corrected chi connectivity index (χ0v) is 11.0. The zero-order chi connectivity index (χ0) is 13.9. The summed E-state index contributed by atoms with van der Waals surface area (Å²) in [6.07, 6.45) is 0.760. The maximum absolute atomic E-state index is 12.0. The molecule has 2 unspecified atom stereocenters. The van der Waals surface area contributed by atoms with E-state index in [-0.39, 0.29) is 24.6 Å². The fourth-order valence-corrected chi connectivity index (χ4v) is 2.54. The van der Waals surface area contributed by atoms with Gasteiger partial charge in [0.2, 0.25) is 0 Å². The number of esters is 1. The molecule has 1 N–H and O–H groups in total. The Morgan fingerprint density at radius 2 is 2.11 bits per heavy atom. The second-order valence-corrected chi connectivity index (χ2v) is 4.84. The van der Waals surface area contributed by atoms with Gasteiger partial charge in [-0.1, -0.05) is 30.3 Å².